The molecule has 0 aliphatic heterocycles. The number of carbonyl (C=O) groups excluding carboxylic acids is 1. The number of H-pyrrole nitrogens is 1. The fourth-order valence-electron chi connectivity index (χ4n) is 2.39. The van der Waals surface area contributed by atoms with Gasteiger partial charge in [0.15, 0.2) is 0 Å². The molecule has 1 unspecified atom stereocenters. The number of aryl methyl sites for hydroxylation is 1. The Morgan fingerprint density at radius 1 is 1.33 bits per heavy atom. The summed E-state index contributed by atoms with van der Waals surface area (Å²) in [6.45, 7) is 5.94. The molecule has 0 spiro atoms. The van der Waals surface area contributed by atoms with Gasteiger partial charge in [0.05, 0.1) is 5.92 Å². The van der Waals surface area contributed by atoms with Gasteiger partial charge in [-0.15, -0.1) is 0 Å². The number of hydrogen-bond donors (Lipinski definition) is 2. The molecule has 0 saturated carbocycles. The zero-order valence-electron chi connectivity index (χ0n) is 13.0. The summed E-state index contributed by atoms with van der Waals surface area (Å²) < 4.78 is 5.42. The van der Waals surface area contributed by atoms with E-state index in [0.29, 0.717) is 13.0 Å². The summed E-state index contributed by atoms with van der Waals surface area (Å²) in [4.78, 5) is 15.4. The van der Waals surface area contributed by atoms with Crippen LogP contribution in [0.5, 0.6) is 0 Å². The highest BCUT2D eigenvalue weighted by atomic mass is 16.6. The minimum atomic E-state index is -0.467. The van der Waals surface area contributed by atoms with Gasteiger partial charge in [0, 0.05) is 23.6 Å². The molecule has 2 rings (SSSR count). The molecule has 0 saturated heterocycles. The molecule has 4 heteroatoms. The lowest BCUT2D eigenvalue weighted by molar-refractivity contribution is -0.159. The summed E-state index contributed by atoms with van der Waals surface area (Å²) in [5.74, 6) is -0.456. The van der Waals surface area contributed by atoms with Crippen molar-refractivity contribution in [3.05, 3.63) is 36.0 Å². The van der Waals surface area contributed by atoms with E-state index in [2.05, 4.69) is 11.1 Å². The van der Waals surface area contributed by atoms with Gasteiger partial charge < -0.3 is 15.5 Å². The van der Waals surface area contributed by atoms with Crippen molar-refractivity contribution in [2.75, 3.05) is 6.54 Å². The Balaban J connectivity index is 2.01. The summed E-state index contributed by atoms with van der Waals surface area (Å²) in [6, 6.07) is 8.17. The largest absolute Gasteiger partial charge is 0.460 e. The third-order valence-electron chi connectivity index (χ3n) is 3.46. The number of aromatic amines is 1. The molecule has 0 fully saturated rings. The molecular formula is C17H24N2O2. The number of rotatable bonds is 5. The first-order valence-corrected chi connectivity index (χ1v) is 7.38. The van der Waals surface area contributed by atoms with Crippen molar-refractivity contribution >= 4 is 16.9 Å². The van der Waals surface area contributed by atoms with Crippen molar-refractivity contribution in [2.45, 2.75) is 39.2 Å². The van der Waals surface area contributed by atoms with Gasteiger partial charge in [0.1, 0.15) is 5.60 Å². The van der Waals surface area contributed by atoms with Crippen LogP contribution in [-0.2, 0) is 16.0 Å². The summed E-state index contributed by atoms with van der Waals surface area (Å²) >= 11 is 0. The van der Waals surface area contributed by atoms with Gasteiger partial charge in [0.25, 0.3) is 0 Å². The Bertz CT molecular complexity index is 611. The van der Waals surface area contributed by atoms with Crippen LogP contribution in [0.15, 0.2) is 30.5 Å². The summed E-state index contributed by atoms with van der Waals surface area (Å²) in [5, 5.41) is 1.21. The minimum Gasteiger partial charge on any atom is -0.460 e. The number of nitrogens with one attached hydrogen (secondary N) is 1. The number of carbonyl (C=O) groups is 1. The monoisotopic (exact) mass is 288 g/mol. The topological polar surface area (TPSA) is 68.1 Å². The minimum absolute atomic E-state index is 0.204. The van der Waals surface area contributed by atoms with Crippen molar-refractivity contribution in [1.82, 2.24) is 4.98 Å². The molecular weight excluding hydrogens is 264 g/mol. The van der Waals surface area contributed by atoms with Crippen LogP contribution in [0.25, 0.3) is 10.9 Å². The van der Waals surface area contributed by atoms with Gasteiger partial charge in [-0.1, -0.05) is 18.2 Å². The maximum atomic E-state index is 12.1. The zero-order valence-corrected chi connectivity index (χ0v) is 13.0. The van der Waals surface area contributed by atoms with Crippen LogP contribution < -0.4 is 5.73 Å². The molecule has 114 valence electrons. The highest BCUT2D eigenvalue weighted by Crippen LogP contribution is 2.21. The predicted molar refractivity (Wildman–Crippen MR) is 85.0 cm³/mol. The van der Waals surface area contributed by atoms with Gasteiger partial charge in [-0.3, -0.25) is 4.79 Å². The second-order valence-corrected chi connectivity index (χ2v) is 6.36. The molecule has 0 aliphatic carbocycles. The lowest BCUT2D eigenvalue weighted by atomic mass is 9.99. The molecule has 3 N–H and O–H groups in total. The van der Waals surface area contributed by atoms with Gasteiger partial charge in [-0.05, 0) is 45.2 Å². The normalized spacial score (nSPS) is 13.3. The predicted octanol–water partition coefficient (Wildman–Crippen LogP) is 3.02. The number of nitrogens with two attached hydrogens (primary N) is 1. The Hall–Kier alpha value is -1.81. The molecule has 1 atom stereocenters. The van der Waals surface area contributed by atoms with Gasteiger partial charge in [-0.2, -0.15) is 0 Å². The molecule has 1 aromatic heterocycles. The second-order valence-electron chi connectivity index (χ2n) is 6.36. The number of benzene rings is 1. The third-order valence-corrected chi connectivity index (χ3v) is 3.46. The van der Waals surface area contributed by atoms with Crippen LogP contribution in [0, 0.1) is 5.92 Å². The van der Waals surface area contributed by atoms with Crippen LogP contribution in [0.2, 0.25) is 0 Å². The van der Waals surface area contributed by atoms with Crippen LogP contribution in [0.4, 0.5) is 0 Å². The maximum Gasteiger partial charge on any atom is 0.310 e. The van der Waals surface area contributed by atoms with E-state index in [1.165, 1.54) is 10.9 Å². The van der Waals surface area contributed by atoms with E-state index in [1.54, 1.807) is 0 Å². The standard InChI is InChI=1S/C17H24N2O2/c1-17(2,3)21-16(20)12(10-18)8-9-13-11-19-15-7-5-4-6-14(13)15/h4-7,11-12,19H,8-10,18H2,1-3H3. The van der Waals surface area contributed by atoms with Crippen LogP contribution >= 0.6 is 0 Å². The fraction of sp³-hybridized carbons (Fsp3) is 0.471. The SMILES string of the molecule is CC(C)(C)OC(=O)C(CN)CCc1c[nH]c2ccccc12. The summed E-state index contributed by atoms with van der Waals surface area (Å²) in [6.07, 6.45) is 3.52. The number of aromatic nitrogens is 1. The summed E-state index contributed by atoms with van der Waals surface area (Å²) in [7, 11) is 0. The van der Waals surface area contributed by atoms with Crippen LogP contribution in [0.1, 0.15) is 32.8 Å². The highest BCUT2D eigenvalue weighted by molar-refractivity contribution is 5.83. The number of fused-ring (bicyclic) bond motifs is 1. The average molecular weight is 288 g/mol. The molecule has 0 aliphatic rings. The molecule has 1 heterocycles. The van der Waals surface area contributed by atoms with E-state index in [0.717, 1.165) is 11.9 Å². The van der Waals surface area contributed by atoms with E-state index < -0.39 is 5.60 Å². The van der Waals surface area contributed by atoms with E-state index in [4.69, 9.17) is 10.5 Å². The Kier molecular flexibility index (Phi) is 4.68. The Morgan fingerprint density at radius 2 is 2.05 bits per heavy atom. The number of esters is 1. The lowest BCUT2D eigenvalue weighted by Gasteiger charge is -2.23. The van der Waals surface area contributed by atoms with Crippen molar-refractivity contribution in [2.24, 2.45) is 11.7 Å². The molecule has 0 amide bonds. The Morgan fingerprint density at radius 3 is 2.71 bits per heavy atom. The molecule has 0 bridgehead atoms. The van der Waals surface area contributed by atoms with Crippen molar-refractivity contribution in [3.63, 3.8) is 0 Å². The van der Waals surface area contributed by atoms with E-state index in [-0.39, 0.29) is 11.9 Å². The quantitative estimate of drug-likeness (QED) is 0.831. The van der Waals surface area contributed by atoms with Gasteiger partial charge in [-0.25, -0.2) is 0 Å². The highest BCUT2D eigenvalue weighted by Gasteiger charge is 2.24. The first-order chi connectivity index (χ1) is 9.90. The first-order valence-electron chi connectivity index (χ1n) is 7.38. The molecule has 1 aromatic carbocycles. The van der Waals surface area contributed by atoms with Crippen LogP contribution in [0.3, 0.4) is 0 Å². The second kappa shape index (κ2) is 6.31. The number of ether oxygens (including phenoxy) is 1. The van der Waals surface area contributed by atoms with Gasteiger partial charge in [0.2, 0.25) is 0 Å². The third kappa shape index (κ3) is 4.08. The number of para-hydroxylation sites is 1. The smallest absolute Gasteiger partial charge is 0.310 e. The molecule has 2 aromatic rings. The molecule has 4 nitrogen and oxygen atoms in total. The van der Waals surface area contributed by atoms with Gasteiger partial charge >= 0.3 is 5.97 Å². The van der Waals surface area contributed by atoms with E-state index >= 15 is 0 Å². The van der Waals surface area contributed by atoms with E-state index in [1.807, 2.05) is 45.2 Å². The van der Waals surface area contributed by atoms with Crippen molar-refractivity contribution in [3.8, 4) is 0 Å². The summed E-state index contributed by atoms with van der Waals surface area (Å²) in [5.41, 5.74) is 7.60. The average Bonchev–Trinajstić information content (AvgIpc) is 2.81. The molecule has 0 radical (unpaired) electrons. The zero-order chi connectivity index (χ0) is 15.5. The fourth-order valence-corrected chi connectivity index (χ4v) is 2.39. The maximum absolute atomic E-state index is 12.1. The van der Waals surface area contributed by atoms with Crippen molar-refractivity contribution < 1.29 is 9.53 Å². The lowest BCUT2D eigenvalue weighted by Crippen LogP contribution is -2.32. The first kappa shape index (κ1) is 15.6. The van der Waals surface area contributed by atoms with Crippen LogP contribution in [-0.4, -0.2) is 23.1 Å². The molecule has 21 heavy (non-hydrogen) atoms. The van der Waals surface area contributed by atoms with Crippen molar-refractivity contribution in [1.29, 1.82) is 0 Å². The van der Waals surface area contributed by atoms with E-state index in [9.17, 15) is 4.79 Å². The number of hydrogen-bond acceptors (Lipinski definition) is 3. The Labute approximate surface area is 125 Å².